The molecule has 1 saturated heterocycles. The third-order valence-corrected chi connectivity index (χ3v) is 7.48. The van der Waals surface area contributed by atoms with E-state index in [1.54, 1.807) is 6.92 Å². The normalized spacial score (nSPS) is 20.6. The summed E-state index contributed by atoms with van der Waals surface area (Å²) in [5, 5.41) is 13.2. The van der Waals surface area contributed by atoms with E-state index in [0.717, 1.165) is 11.3 Å². The molecule has 184 valence electrons. The Morgan fingerprint density at radius 2 is 1.91 bits per heavy atom. The van der Waals surface area contributed by atoms with Gasteiger partial charge in [-0.25, -0.2) is 4.79 Å². The predicted octanol–water partition coefficient (Wildman–Crippen LogP) is 4.17. The van der Waals surface area contributed by atoms with Crippen LogP contribution in [-0.2, 0) is 6.42 Å². The molecule has 35 heavy (non-hydrogen) atoms. The SMILES string of the molecule is CCOc1ccc(Cc2nc(N3C[C@@H]4[C@H](C3)[C@@H]4NC(=O)c3[nH]c(C)c(Cl)c3Cl)oc2C(=O)O)cc1. The molecule has 0 spiro atoms. The number of aromatic amines is 1. The van der Waals surface area contributed by atoms with Crippen LogP contribution in [0.3, 0.4) is 0 Å². The van der Waals surface area contributed by atoms with Crippen LogP contribution in [-0.4, -0.2) is 52.7 Å². The quantitative estimate of drug-likeness (QED) is 0.409. The van der Waals surface area contributed by atoms with Gasteiger partial charge in [-0.3, -0.25) is 4.79 Å². The molecule has 9 nitrogen and oxygen atoms in total. The molecular formula is C24H24Cl2N4O5. The fourth-order valence-corrected chi connectivity index (χ4v) is 5.09. The number of carboxylic acid groups (broad SMARTS) is 1. The van der Waals surface area contributed by atoms with E-state index in [2.05, 4.69) is 15.3 Å². The van der Waals surface area contributed by atoms with E-state index < -0.39 is 5.97 Å². The van der Waals surface area contributed by atoms with E-state index in [1.165, 1.54) is 0 Å². The lowest BCUT2D eigenvalue weighted by Crippen LogP contribution is -2.35. The smallest absolute Gasteiger partial charge is 0.373 e. The Morgan fingerprint density at radius 3 is 2.49 bits per heavy atom. The number of halogens is 2. The Morgan fingerprint density at radius 1 is 1.23 bits per heavy atom. The lowest BCUT2D eigenvalue weighted by atomic mass is 10.1. The third kappa shape index (κ3) is 4.46. The average molecular weight is 519 g/mol. The number of carbonyl (C=O) groups excluding carboxylic acids is 1. The van der Waals surface area contributed by atoms with Gasteiger partial charge in [-0.2, -0.15) is 4.98 Å². The summed E-state index contributed by atoms with van der Waals surface area (Å²) in [6.45, 7) is 5.45. The fourth-order valence-electron chi connectivity index (χ4n) is 4.67. The van der Waals surface area contributed by atoms with Crippen molar-refractivity contribution < 1.29 is 23.8 Å². The number of aryl methyl sites for hydroxylation is 1. The summed E-state index contributed by atoms with van der Waals surface area (Å²) in [6, 6.07) is 7.75. The summed E-state index contributed by atoms with van der Waals surface area (Å²) in [7, 11) is 0. The molecule has 0 bridgehead atoms. The zero-order chi connectivity index (χ0) is 24.9. The highest BCUT2D eigenvalue weighted by Gasteiger charge is 2.57. The molecule has 5 rings (SSSR count). The summed E-state index contributed by atoms with van der Waals surface area (Å²) < 4.78 is 11.1. The molecule has 1 aliphatic heterocycles. The number of rotatable bonds is 8. The van der Waals surface area contributed by atoms with Crippen molar-refractivity contribution in [1.82, 2.24) is 15.3 Å². The Balaban J connectivity index is 1.23. The van der Waals surface area contributed by atoms with Gasteiger partial charge in [-0.1, -0.05) is 35.3 Å². The Bertz CT molecular complexity index is 1270. The fraction of sp³-hybridized carbons (Fsp3) is 0.375. The molecule has 11 heteroatoms. The van der Waals surface area contributed by atoms with Crippen LogP contribution < -0.4 is 15.0 Å². The van der Waals surface area contributed by atoms with Crippen LogP contribution in [0.1, 0.15) is 44.9 Å². The second kappa shape index (κ2) is 9.13. The standard InChI is InChI=1S/C24H24Cl2N4O5/c1-3-34-13-6-4-12(5-7-13)8-16-21(23(32)33)35-24(28-16)30-9-14-15(10-30)19(14)29-22(31)20-18(26)17(25)11(2)27-20/h4-7,14-15,19,27H,3,8-10H2,1-2H3,(H,29,31)(H,32,33)/t14-,15+,19-. The Labute approximate surface area is 211 Å². The van der Waals surface area contributed by atoms with E-state index >= 15 is 0 Å². The number of hydrogen-bond donors (Lipinski definition) is 3. The number of amides is 1. The van der Waals surface area contributed by atoms with Crippen LogP contribution >= 0.6 is 23.2 Å². The highest BCUT2D eigenvalue weighted by atomic mass is 35.5. The third-order valence-electron chi connectivity index (χ3n) is 6.53. The van der Waals surface area contributed by atoms with Gasteiger partial charge in [0.05, 0.1) is 16.7 Å². The van der Waals surface area contributed by atoms with Crippen molar-refractivity contribution in [1.29, 1.82) is 0 Å². The number of oxazole rings is 1. The minimum absolute atomic E-state index is 0.00873. The highest BCUT2D eigenvalue weighted by molar-refractivity contribution is 6.44. The van der Waals surface area contributed by atoms with E-state index in [4.69, 9.17) is 32.4 Å². The Kier molecular flexibility index (Phi) is 6.14. The van der Waals surface area contributed by atoms with Crippen LogP contribution in [0.25, 0.3) is 0 Å². The average Bonchev–Trinajstić information content (AvgIpc) is 3.20. The first-order valence-corrected chi connectivity index (χ1v) is 12.1. The number of carboxylic acids is 1. The van der Waals surface area contributed by atoms with Gasteiger partial charge in [0, 0.05) is 43.1 Å². The van der Waals surface area contributed by atoms with Crippen molar-refractivity contribution in [2.75, 3.05) is 24.6 Å². The summed E-state index contributed by atoms with van der Waals surface area (Å²) in [5.74, 6) is -0.412. The molecule has 0 unspecified atom stereocenters. The summed E-state index contributed by atoms with van der Waals surface area (Å²) in [5.41, 5.74) is 2.17. The first-order valence-electron chi connectivity index (χ1n) is 11.3. The maximum Gasteiger partial charge on any atom is 0.373 e. The monoisotopic (exact) mass is 518 g/mol. The molecule has 0 radical (unpaired) electrons. The van der Waals surface area contributed by atoms with E-state index in [1.807, 2.05) is 36.1 Å². The molecular weight excluding hydrogens is 495 g/mol. The number of ether oxygens (including phenoxy) is 1. The molecule has 3 atom stereocenters. The van der Waals surface area contributed by atoms with Gasteiger partial charge in [0.1, 0.15) is 17.1 Å². The van der Waals surface area contributed by atoms with Gasteiger partial charge in [0.2, 0.25) is 5.76 Å². The van der Waals surface area contributed by atoms with Crippen LogP contribution in [0.15, 0.2) is 28.7 Å². The van der Waals surface area contributed by atoms with Crippen molar-refractivity contribution in [3.05, 3.63) is 62.7 Å². The summed E-state index contributed by atoms with van der Waals surface area (Å²) >= 11 is 12.2. The molecule has 3 aromatic rings. The number of nitrogens with zero attached hydrogens (tertiary/aromatic N) is 2. The van der Waals surface area contributed by atoms with Gasteiger partial charge < -0.3 is 29.5 Å². The zero-order valence-electron chi connectivity index (χ0n) is 19.1. The van der Waals surface area contributed by atoms with Gasteiger partial charge in [-0.05, 0) is 31.5 Å². The number of carbonyl (C=O) groups is 2. The van der Waals surface area contributed by atoms with Crippen LogP contribution in [0.4, 0.5) is 6.01 Å². The minimum Gasteiger partial charge on any atom is -0.494 e. The van der Waals surface area contributed by atoms with Crippen molar-refractivity contribution in [2.45, 2.75) is 26.3 Å². The van der Waals surface area contributed by atoms with Gasteiger partial charge in [-0.15, -0.1) is 0 Å². The Hall–Kier alpha value is -3.17. The van der Waals surface area contributed by atoms with Crippen LogP contribution in [0.5, 0.6) is 5.75 Å². The number of aromatic nitrogens is 2. The number of aromatic carboxylic acids is 1. The number of fused-ring (bicyclic) bond motifs is 1. The molecule has 3 heterocycles. The topological polar surface area (TPSA) is 121 Å². The second-order valence-electron chi connectivity index (χ2n) is 8.82. The summed E-state index contributed by atoms with van der Waals surface area (Å²) in [6.07, 6.45) is 0.329. The molecule has 3 N–H and O–H groups in total. The van der Waals surface area contributed by atoms with Crippen molar-refractivity contribution in [2.24, 2.45) is 11.8 Å². The zero-order valence-corrected chi connectivity index (χ0v) is 20.6. The predicted molar refractivity (Wildman–Crippen MR) is 130 cm³/mol. The van der Waals surface area contributed by atoms with E-state index in [9.17, 15) is 14.7 Å². The van der Waals surface area contributed by atoms with Gasteiger partial charge >= 0.3 is 5.97 Å². The molecule has 2 aromatic heterocycles. The van der Waals surface area contributed by atoms with Crippen molar-refractivity contribution in [3.8, 4) is 5.75 Å². The first kappa shape index (κ1) is 23.6. The molecule has 1 aromatic carbocycles. The van der Waals surface area contributed by atoms with Crippen molar-refractivity contribution in [3.63, 3.8) is 0 Å². The number of hydrogen-bond acceptors (Lipinski definition) is 6. The van der Waals surface area contributed by atoms with Crippen LogP contribution in [0, 0.1) is 18.8 Å². The van der Waals surface area contributed by atoms with E-state index in [-0.39, 0.29) is 46.3 Å². The number of nitrogens with one attached hydrogen (secondary N) is 2. The number of H-pyrrole nitrogens is 1. The largest absolute Gasteiger partial charge is 0.494 e. The molecule has 1 aliphatic carbocycles. The molecule has 1 saturated carbocycles. The molecule has 2 fully saturated rings. The number of anilines is 1. The molecule has 2 aliphatic rings. The van der Waals surface area contributed by atoms with Crippen LogP contribution in [0.2, 0.25) is 10.0 Å². The lowest BCUT2D eigenvalue weighted by molar-refractivity contribution is 0.0661. The van der Waals surface area contributed by atoms with Crippen molar-refractivity contribution >= 4 is 41.1 Å². The number of piperidine rings is 1. The van der Waals surface area contributed by atoms with Gasteiger partial charge in [0.25, 0.3) is 11.9 Å². The molecule has 1 amide bonds. The van der Waals surface area contributed by atoms with Gasteiger partial charge in [0.15, 0.2) is 0 Å². The number of benzene rings is 1. The minimum atomic E-state index is -1.16. The maximum atomic E-state index is 12.6. The lowest BCUT2D eigenvalue weighted by Gasteiger charge is -2.17. The second-order valence-corrected chi connectivity index (χ2v) is 9.57. The highest BCUT2D eigenvalue weighted by Crippen LogP contribution is 2.47. The summed E-state index contributed by atoms with van der Waals surface area (Å²) in [4.78, 5) is 33.7. The first-order chi connectivity index (χ1) is 16.8. The maximum absolute atomic E-state index is 12.6. The van der Waals surface area contributed by atoms with E-state index in [0.29, 0.717) is 42.5 Å².